The van der Waals surface area contributed by atoms with Crippen molar-refractivity contribution in [1.29, 1.82) is 5.26 Å². The molecule has 0 N–H and O–H groups in total. The van der Waals surface area contributed by atoms with Crippen molar-refractivity contribution in [3.63, 3.8) is 0 Å². The predicted molar refractivity (Wildman–Crippen MR) is 72.2 cm³/mol. The normalized spacial score (nSPS) is 9.61. The number of benzene rings is 2. The summed E-state index contributed by atoms with van der Waals surface area (Å²) in [7, 11) is 3.57. The van der Waals surface area contributed by atoms with E-state index in [1.807, 2.05) is 54.4 Å². The van der Waals surface area contributed by atoms with Crippen LogP contribution in [0, 0.1) is 11.3 Å². The molecule has 0 heterocycles. The van der Waals surface area contributed by atoms with Crippen LogP contribution in [-0.2, 0) is 0 Å². The number of nitriles is 1. The summed E-state index contributed by atoms with van der Waals surface area (Å²) in [4.78, 5) is 1.96. The second-order valence-electron chi connectivity index (χ2n) is 3.86. The first-order valence-corrected chi connectivity index (χ1v) is 5.64. The van der Waals surface area contributed by atoms with Gasteiger partial charge in [0.05, 0.1) is 24.0 Å². The molecule has 0 atom stereocenters. The van der Waals surface area contributed by atoms with Crippen LogP contribution < -0.4 is 9.64 Å². The zero-order valence-corrected chi connectivity index (χ0v) is 10.4. The van der Waals surface area contributed by atoms with Crippen molar-refractivity contribution in [2.24, 2.45) is 0 Å². The summed E-state index contributed by atoms with van der Waals surface area (Å²) in [5.74, 6) is 0.785. The average Bonchev–Trinajstić information content (AvgIpc) is 2.46. The van der Waals surface area contributed by atoms with Gasteiger partial charge >= 0.3 is 0 Å². The quantitative estimate of drug-likeness (QED) is 0.822. The lowest BCUT2D eigenvalue weighted by molar-refractivity contribution is 0.415. The van der Waals surface area contributed by atoms with Crippen molar-refractivity contribution in [2.45, 2.75) is 0 Å². The van der Waals surface area contributed by atoms with Crippen molar-refractivity contribution in [1.82, 2.24) is 0 Å². The number of rotatable bonds is 3. The van der Waals surface area contributed by atoms with Crippen LogP contribution in [0.4, 0.5) is 11.4 Å². The van der Waals surface area contributed by atoms with E-state index < -0.39 is 0 Å². The zero-order chi connectivity index (χ0) is 13.0. The standard InChI is InChI=1S/C15H14N2O/c1-17(13-8-4-3-7-12(13)11-16)14-9-5-6-10-15(14)18-2/h3-10H,1-2H3. The Hall–Kier alpha value is -2.47. The summed E-state index contributed by atoms with van der Waals surface area (Å²) in [6, 6.07) is 17.4. The fourth-order valence-electron chi connectivity index (χ4n) is 1.90. The Morgan fingerprint density at radius 2 is 1.61 bits per heavy atom. The van der Waals surface area contributed by atoms with Gasteiger partial charge in [0.1, 0.15) is 11.8 Å². The van der Waals surface area contributed by atoms with E-state index in [4.69, 9.17) is 10.00 Å². The van der Waals surface area contributed by atoms with Crippen LogP contribution in [-0.4, -0.2) is 14.2 Å². The topological polar surface area (TPSA) is 36.3 Å². The lowest BCUT2D eigenvalue weighted by atomic mass is 10.1. The molecule has 0 aliphatic rings. The maximum atomic E-state index is 9.13. The molecule has 0 radical (unpaired) electrons. The van der Waals surface area contributed by atoms with Gasteiger partial charge in [-0.15, -0.1) is 0 Å². The van der Waals surface area contributed by atoms with Crippen LogP contribution in [0.15, 0.2) is 48.5 Å². The molecule has 0 amide bonds. The van der Waals surface area contributed by atoms with Gasteiger partial charge in [-0.3, -0.25) is 0 Å². The summed E-state index contributed by atoms with van der Waals surface area (Å²) in [6.45, 7) is 0. The summed E-state index contributed by atoms with van der Waals surface area (Å²) in [5.41, 5.74) is 2.44. The van der Waals surface area contributed by atoms with Crippen molar-refractivity contribution < 1.29 is 4.74 Å². The molecule has 2 aromatic rings. The highest BCUT2D eigenvalue weighted by Crippen LogP contribution is 2.33. The van der Waals surface area contributed by atoms with E-state index in [1.165, 1.54) is 0 Å². The molecule has 0 aliphatic carbocycles. The molecule has 2 aromatic carbocycles. The lowest BCUT2D eigenvalue weighted by Crippen LogP contribution is -2.12. The van der Waals surface area contributed by atoms with E-state index in [0.29, 0.717) is 5.56 Å². The summed E-state index contributed by atoms with van der Waals surface area (Å²) in [6.07, 6.45) is 0. The van der Waals surface area contributed by atoms with Gasteiger partial charge in [0.15, 0.2) is 0 Å². The highest BCUT2D eigenvalue weighted by atomic mass is 16.5. The molecule has 0 spiro atoms. The summed E-state index contributed by atoms with van der Waals surface area (Å²) >= 11 is 0. The maximum Gasteiger partial charge on any atom is 0.142 e. The SMILES string of the molecule is COc1ccccc1N(C)c1ccccc1C#N. The Morgan fingerprint density at radius 1 is 1.00 bits per heavy atom. The summed E-state index contributed by atoms with van der Waals surface area (Å²) in [5, 5.41) is 9.13. The van der Waals surface area contributed by atoms with E-state index in [0.717, 1.165) is 17.1 Å². The van der Waals surface area contributed by atoms with Crippen LogP contribution in [0.1, 0.15) is 5.56 Å². The van der Waals surface area contributed by atoms with Gasteiger partial charge < -0.3 is 9.64 Å². The fourth-order valence-corrected chi connectivity index (χ4v) is 1.90. The van der Waals surface area contributed by atoms with E-state index in [1.54, 1.807) is 13.2 Å². The predicted octanol–water partition coefficient (Wildman–Crippen LogP) is 3.33. The first kappa shape index (κ1) is 12.0. The molecule has 2 rings (SSSR count). The average molecular weight is 238 g/mol. The Bertz CT molecular complexity index is 587. The second-order valence-corrected chi connectivity index (χ2v) is 3.86. The van der Waals surface area contributed by atoms with Crippen molar-refractivity contribution in [2.75, 3.05) is 19.1 Å². The van der Waals surface area contributed by atoms with Crippen LogP contribution in [0.5, 0.6) is 5.75 Å². The molecule has 3 heteroatoms. The lowest BCUT2D eigenvalue weighted by Gasteiger charge is -2.22. The number of para-hydroxylation sites is 3. The maximum absolute atomic E-state index is 9.13. The monoisotopic (exact) mass is 238 g/mol. The second kappa shape index (κ2) is 5.24. The van der Waals surface area contributed by atoms with Crippen LogP contribution in [0.2, 0.25) is 0 Å². The molecule has 3 nitrogen and oxygen atoms in total. The first-order chi connectivity index (χ1) is 8.77. The zero-order valence-electron chi connectivity index (χ0n) is 10.4. The Balaban J connectivity index is 2.48. The minimum absolute atomic E-state index is 0.644. The van der Waals surface area contributed by atoms with Crippen LogP contribution >= 0.6 is 0 Å². The van der Waals surface area contributed by atoms with Gasteiger partial charge in [-0.05, 0) is 24.3 Å². The van der Waals surface area contributed by atoms with Gasteiger partial charge in [0.25, 0.3) is 0 Å². The third kappa shape index (κ3) is 2.14. The molecule has 0 bridgehead atoms. The third-order valence-corrected chi connectivity index (χ3v) is 2.83. The molecule has 18 heavy (non-hydrogen) atoms. The van der Waals surface area contributed by atoms with E-state index in [-0.39, 0.29) is 0 Å². The molecule has 0 saturated carbocycles. The van der Waals surface area contributed by atoms with Crippen molar-refractivity contribution in [3.8, 4) is 11.8 Å². The van der Waals surface area contributed by atoms with Gasteiger partial charge in [-0.1, -0.05) is 24.3 Å². The summed E-state index contributed by atoms with van der Waals surface area (Å²) < 4.78 is 5.34. The molecule has 90 valence electrons. The van der Waals surface area contributed by atoms with Crippen molar-refractivity contribution in [3.05, 3.63) is 54.1 Å². The van der Waals surface area contributed by atoms with E-state index in [2.05, 4.69) is 6.07 Å². The number of nitrogens with zero attached hydrogens (tertiary/aromatic N) is 2. The first-order valence-electron chi connectivity index (χ1n) is 5.64. The number of ether oxygens (including phenoxy) is 1. The highest BCUT2D eigenvalue weighted by Gasteiger charge is 2.12. The minimum Gasteiger partial charge on any atom is -0.495 e. The molecule has 0 fully saturated rings. The van der Waals surface area contributed by atoms with Crippen LogP contribution in [0.3, 0.4) is 0 Å². The third-order valence-electron chi connectivity index (χ3n) is 2.83. The van der Waals surface area contributed by atoms with Gasteiger partial charge in [0, 0.05) is 7.05 Å². The fraction of sp³-hybridized carbons (Fsp3) is 0.133. The van der Waals surface area contributed by atoms with Gasteiger partial charge in [-0.25, -0.2) is 0 Å². The van der Waals surface area contributed by atoms with E-state index >= 15 is 0 Å². The number of hydrogen-bond donors (Lipinski definition) is 0. The van der Waals surface area contributed by atoms with Gasteiger partial charge in [0.2, 0.25) is 0 Å². The number of methoxy groups -OCH3 is 1. The molecule has 0 unspecified atom stereocenters. The Morgan fingerprint density at radius 3 is 2.28 bits per heavy atom. The van der Waals surface area contributed by atoms with E-state index in [9.17, 15) is 0 Å². The molecule has 0 aliphatic heterocycles. The number of anilines is 2. The minimum atomic E-state index is 0.644. The molecular weight excluding hydrogens is 224 g/mol. The molecular formula is C15H14N2O. The number of hydrogen-bond acceptors (Lipinski definition) is 3. The Labute approximate surface area is 107 Å². The Kier molecular flexibility index (Phi) is 3.49. The largest absolute Gasteiger partial charge is 0.495 e. The molecule has 0 saturated heterocycles. The van der Waals surface area contributed by atoms with Crippen LogP contribution in [0.25, 0.3) is 0 Å². The smallest absolute Gasteiger partial charge is 0.142 e. The van der Waals surface area contributed by atoms with Crippen molar-refractivity contribution >= 4 is 11.4 Å². The highest BCUT2D eigenvalue weighted by molar-refractivity contribution is 5.72. The molecule has 0 aromatic heterocycles. The van der Waals surface area contributed by atoms with Gasteiger partial charge in [-0.2, -0.15) is 5.26 Å².